The fourth-order valence-electron chi connectivity index (χ4n) is 10.4. The molecule has 0 fully saturated rings. The van der Waals surface area contributed by atoms with Gasteiger partial charge in [-0.1, -0.05) is 144 Å². The van der Waals surface area contributed by atoms with E-state index in [1.165, 1.54) is 44.5 Å². The number of nitriles is 1. The Morgan fingerprint density at radius 2 is 0.676 bits per heavy atom. The van der Waals surface area contributed by atoms with E-state index in [2.05, 4.69) is 242 Å². The average Bonchev–Trinajstić information content (AvgIpc) is 3.87. The smallest absolute Gasteiger partial charge is 0.101 e. The lowest BCUT2D eigenvalue weighted by atomic mass is 9.99. The van der Waals surface area contributed by atoms with Crippen molar-refractivity contribution >= 4 is 43.6 Å². The second-order valence-electron chi connectivity index (χ2n) is 18.3. The van der Waals surface area contributed by atoms with E-state index in [-0.39, 0.29) is 0 Å². The maximum Gasteiger partial charge on any atom is 0.101 e. The molecule has 3 aromatic heterocycles. The molecular weight excluding hydrogens is 825 g/mol. The third kappa shape index (κ3) is 6.96. The van der Waals surface area contributed by atoms with Crippen molar-refractivity contribution in [2.45, 2.75) is 27.7 Å². The molecule has 0 unspecified atom stereocenters. The summed E-state index contributed by atoms with van der Waals surface area (Å²) in [6.45, 7) is 8.56. The van der Waals surface area contributed by atoms with Gasteiger partial charge in [0.15, 0.2) is 0 Å². The molecule has 0 saturated carbocycles. The highest BCUT2D eigenvalue weighted by molar-refractivity contribution is 6.14. The largest absolute Gasteiger partial charge is 0.309 e. The van der Waals surface area contributed by atoms with Gasteiger partial charge in [-0.3, -0.25) is 4.98 Å². The number of pyridine rings is 1. The zero-order chi connectivity index (χ0) is 46.0. The fraction of sp³-hybridized carbons (Fsp3) is 0.0625. The molecule has 68 heavy (non-hydrogen) atoms. The first-order chi connectivity index (χ1) is 33.3. The zero-order valence-corrected chi connectivity index (χ0v) is 38.4. The predicted octanol–water partition coefficient (Wildman–Crippen LogP) is 16.7. The lowest BCUT2D eigenvalue weighted by Crippen LogP contribution is -2.04. The van der Waals surface area contributed by atoms with Crippen molar-refractivity contribution in [2.24, 2.45) is 0 Å². The van der Waals surface area contributed by atoms with E-state index in [4.69, 9.17) is 0 Å². The second kappa shape index (κ2) is 16.3. The highest BCUT2D eigenvalue weighted by Gasteiger charge is 2.23. The summed E-state index contributed by atoms with van der Waals surface area (Å²) in [5.41, 5.74) is 22.7. The van der Waals surface area contributed by atoms with Crippen LogP contribution in [0.2, 0.25) is 0 Å². The van der Waals surface area contributed by atoms with Crippen LogP contribution in [0.3, 0.4) is 0 Å². The molecule has 0 aliphatic rings. The lowest BCUT2D eigenvalue weighted by Gasteiger charge is -2.19. The van der Waals surface area contributed by atoms with Gasteiger partial charge in [-0.15, -0.1) is 0 Å². The Hall–Kier alpha value is -8.78. The van der Waals surface area contributed by atoms with Crippen LogP contribution < -0.4 is 0 Å². The van der Waals surface area contributed by atoms with Gasteiger partial charge in [0.25, 0.3) is 0 Å². The molecule has 12 aromatic rings. The van der Waals surface area contributed by atoms with E-state index in [0.717, 1.165) is 88.4 Å². The zero-order valence-electron chi connectivity index (χ0n) is 38.4. The Bertz CT molecular complexity index is 3820. The van der Waals surface area contributed by atoms with Gasteiger partial charge < -0.3 is 9.13 Å². The molecule has 0 aliphatic carbocycles. The molecule has 12 rings (SSSR count). The van der Waals surface area contributed by atoms with Gasteiger partial charge in [-0.25, -0.2) is 0 Å². The average molecular weight is 871 g/mol. The molecule has 322 valence electrons. The summed E-state index contributed by atoms with van der Waals surface area (Å²) in [6.07, 6.45) is 3.70. The molecule has 9 aromatic carbocycles. The SMILES string of the molecule is Cc1cccc(-c2ccc3c(c2)c2cc(-c4cccc(C)c4)ccc2n3-c2cc(-c3ccncc3)c(-n3c4ccc(-c5cccc(C)c5)cc4c4cc(-c5cccc(C)c5)ccc43)cc2C#N)c1. The molecule has 0 bridgehead atoms. The van der Waals surface area contributed by atoms with Gasteiger partial charge >= 0.3 is 0 Å². The Morgan fingerprint density at radius 1 is 0.338 bits per heavy atom. The summed E-state index contributed by atoms with van der Waals surface area (Å²) >= 11 is 0. The van der Waals surface area contributed by atoms with Crippen LogP contribution in [0.1, 0.15) is 27.8 Å². The summed E-state index contributed by atoms with van der Waals surface area (Å²) in [5, 5.41) is 15.9. The topological polar surface area (TPSA) is 46.5 Å². The van der Waals surface area contributed by atoms with Gasteiger partial charge in [-0.05, 0) is 151 Å². The quantitative estimate of drug-likeness (QED) is 0.160. The molecule has 0 saturated heterocycles. The third-order valence-electron chi connectivity index (χ3n) is 13.6. The fourth-order valence-corrected chi connectivity index (χ4v) is 10.4. The summed E-state index contributed by atoms with van der Waals surface area (Å²) in [6, 6.07) is 73.1. The first-order valence-corrected chi connectivity index (χ1v) is 23.2. The van der Waals surface area contributed by atoms with Gasteiger partial charge in [0.2, 0.25) is 0 Å². The number of benzene rings is 9. The minimum atomic E-state index is 0.574. The first-order valence-electron chi connectivity index (χ1n) is 23.2. The van der Waals surface area contributed by atoms with Crippen LogP contribution in [0.15, 0.2) is 207 Å². The van der Waals surface area contributed by atoms with E-state index >= 15 is 0 Å². The number of hydrogen-bond donors (Lipinski definition) is 0. The van der Waals surface area contributed by atoms with Crippen LogP contribution in [0, 0.1) is 39.0 Å². The molecule has 4 heteroatoms. The Morgan fingerprint density at radius 3 is 1.01 bits per heavy atom. The minimum absolute atomic E-state index is 0.574. The molecule has 0 aliphatic heterocycles. The lowest BCUT2D eigenvalue weighted by molar-refractivity contribution is 1.13. The monoisotopic (exact) mass is 870 g/mol. The van der Waals surface area contributed by atoms with E-state index in [1.54, 1.807) is 0 Å². The van der Waals surface area contributed by atoms with Gasteiger partial charge in [0.05, 0.1) is 39.0 Å². The summed E-state index contributed by atoms with van der Waals surface area (Å²) in [5.74, 6) is 0. The van der Waals surface area contributed by atoms with Crippen LogP contribution in [0.5, 0.6) is 0 Å². The van der Waals surface area contributed by atoms with E-state index in [9.17, 15) is 5.26 Å². The molecule has 0 radical (unpaired) electrons. The van der Waals surface area contributed by atoms with Crippen LogP contribution >= 0.6 is 0 Å². The van der Waals surface area contributed by atoms with Crippen molar-refractivity contribution in [3.8, 4) is 73.1 Å². The van der Waals surface area contributed by atoms with Gasteiger partial charge in [0, 0.05) is 39.5 Å². The number of fused-ring (bicyclic) bond motifs is 6. The summed E-state index contributed by atoms with van der Waals surface area (Å²) < 4.78 is 4.66. The number of aryl methyl sites for hydroxylation is 4. The predicted molar refractivity (Wildman–Crippen MR) is 284 cm³/mol. The van der Waals surface area contributed by atoms with E-state index in [0.29, 0.717) is 5.56 Å². The number of hydrogen-bond acceptors (Lipinski definition) is 2. The molecule has 0 spiro atoms. The summed E-state index contributed by atoms with van der Waals surface area (Å²) in [7, 11) is 0. The first kappa shape index (κ1) is 40.7. The molecule has 4 nitrogen and oxygen atoms in total. The van der Waals surface area contributed by atoms with Crippen molar-refractivity contribution in [1.82, 2.24) is 14.1 Å². The maximum atomic E-state index is 11.4. The molecule has 0 N–H and O–H groups in total. The standard InChI is InChI=1S/C64H46N4/c1-40-9-5-13-45(29-40)49-17-21-59-55(33-49)56-34-50(46-14-6-10-41(2)30-46)18-22-60(56)67(59)63-38-54(44-25-27-66-28-26-44)64(37-53(63)39-65)68-61-23-19-51(47-15-7-11-42(3)31-47)35-57(61)58-36-52(20-24-62(58)68)48-16-8-12-43(4)32-48/h5-38H,1-4H3. The molecular formula is C64H46N4. The molecule has 0 amide bonds. The summed E-state index contributed by atoms with van der Waals surface area (Å²) in [4.78, 5) is 4.45. The third-order valence-corrected chi connectivity index (χ3v) is 13.6. The second-order valence-corrected chi connectivity index (χ2v) is 18.3. The van der Waals surface area contributed by atoms with Crippen molar-refractivity contribution < 1.29 is 0 Å². The Kier molecular flexibility index (Phi) is 9.74. The van der Waals surface area contributed by atoms with Gasteiger partial charge in [-0.2, -0.15) is 5.26 Å². The van der Waals surface area contributed by atoms with Crippen LogP contribution in [0.25, 0.3) is 111 Å². The van der Waals surface area contributed by atoms with E-state index in [1.807, 2.05) is 12.4 Å². The number of nitrogens with zero attached hydrogens (tertiary/aromatic N) is 4. The van der Waals surface area contributed by atoms with Crippen molar-refractivity contribution in [3.63, 3.8) is 0 Å². The van der Waals surface area contributed by atoms with Crippen LogP contribution in [-0.4, -0.2) is 14.1 Å². The number of aromatic nitrogens is 3. The highest BCUT2D eigenvalue weighted by atomic mass is 15.0. The minimum Gasteiger partial charge on any atom is -0.309 e. The van der Waals surface area contributed by atoms with Gasteiger partial charge in [0.1, 0.15) is 6.07 Å². The Balaban J connectivity index is 1.14. The maximum absolute atomic E-state index is 11.4. The van der Waals surface area contributed by atoms with Crippen molar-refractivity contribution in [1.29, 1.82) is 5.26 Å². The molecule has 3 heterocycles. The van der Waals surface area contributed by atoms with E-state index < -0.39 is 0 Å². The Labute approximate surface area is 396 Å². The highest BCUT2D eigenvalue weighted by Crippen LogP contribution is 2.44. The van der Waals surface area contributed by atoms with Crippen molar-refractivity contribution in [2.75, 3.05) is 0 Å². The van der Waals surface area contributed by atoms with Crippen LogP contribution in [0.4, 0.5) is 0 Å². The van der Waals surface area contributed by atoms with Crippen LogP contribution in [-0.2, 0) is 0 Å². The number of rotatable bonds is 7. The normalized spacial score (nSPS) is 11.5. The molecule has 0 atom stereocenters. The van der Waals surface area contributed by atoms with Crippen molar-refractivity contribution in [3.05, 3.63) is 234 Å².